The van der Waals surface area contributed by atoms with Gasteiger partial charge in [0.25, 0.3) is 5.56 Å². The number of alkyl halides is 3. The molecule has 1 atom stereocenters. The molecule has 0 bridgehead atoms. The van der Waals surface area contributed by atoms with Crippen molar-refractivity contribution in [3.05, 3.63) is 73.1 Å². The van der Waals surface area contributed by atoms with Crippen LogP contribution in [0.25, 0.3) is 0 Å². The Morgan fingerprint density at radius 2 is 1.61 bits per heavy atom. The number of nitrogens with zero attached hydrogens (tertiary/aromatic N) is 2. The van der Waals surface area contributed by atoms with Crippen LogP contribution in [0.5, 0.6) is 0 Å². The number of benzene rings is 1. The molecule has 4 rings (SSSR count). The molecule has 1 aromatic carbocycles. The molecule has 31 heavy (non-hydrogen) atoms. The monoisotopic (exact) mass is 433 g/mol. The average Bonchev–Trinajstić information content (AvgIpc) is 2.67. The molecular formula is C22H22F3N3O3. The molecule has 0 amide bonds. The Bertz CT molecular complexity index is 1250. The standard InChI is InChI=1S/C22H22F3N3O3/c1-21(2)9-13-16(14(29)10-21)15(11-5-7-12(8-6-11)22(23,24)25)17-18(26-13)27(3)20(31)28(4)19(17)30/h5-8,15,26H,9-10H2,1-4H3/t15-/m0/s1. The normalized spacial score (nSPS) is 20.2. The number of Topliss-reactive ketones (excluding diaryl/α,β-unsaturated/α-hetero) is 1. The van der Waals surface area contributed by atoms with E-state index in [-0.39, 0.29) is 29.0 Å². The highest BCUT2D eigenvalue weighted by Gasteiger charge is 2.43. The van der Waals surface area contributed by atoms with Crippen molar-refractivity contribution in [2.75, 3.05) is 5.32 Å². The summed E-state index contributed by atoms with van der Waals surface area (Å²) in [6.07, 6.45) is -3.74. The van der Waals surface area contributed by atoms with E-state index in [0.29, 0.717) is 23.3 Å². The predicted molar refractivity (Wildman–Crippen MR) is 109 cm³/mol. The topological polar surface area (TPSA) is 73.1 Å². The summed E-state index contributed by atoms with van der Waals surface area (Å²) < 4.78 is 41.4. The Labute approximate surface area is 176 Å². The molecule has 0 fully saturated rings. The maximum atomic E-state index is 13.2. The van der Waals surface area contributed by atoms with Gasteiger partial charge in [-0.05, 0) is 29.5 Å². The largest absolute Gasteiger partial charge is 0.416 e. The summed E-state index contributed by atoms with van der Waals surface area (Å²) in [6, 6.07) is 4.48. The van der Waals surface area contributed by atoms with Gasteiger partial charge in [0, 0.05) is 37.7 Å². The van der Waals surface area contributed by atoms with Crippen molar-refractivity contribution in [3.8, 4) is 0 Å². The Balaban J connectivity index is 2.01. The number of allylic oxidation sites excluding steroid dienone is 2. The number of rotatable bonds is 1. The van der Waals surface area contributed by atoms with Gasteiger partial charge in [0.15, 0.2) is 5.78 Å². The van der Waals surface area contributed by atoms with Crippen molar-refractivity contribution < 1.29 is 18.0 Å². The van der Waals surface area contributed by atoms with Gasteiger partial charge in [-0.15, -0.1) is 0 Å². The van der Waals surface area contributed by atoms with E-state index in [9.17, 15) is 27.6 Å². The lowest BCUT2D eigenvalue weighted by molar-refractivity contribution is -0.137. The number of ketones is 1. The van der Waals surface area contributed by atoms with E-state index in [0.717, 1.165) is 16.7 Å². The van der Waals surface area contributed by atoms with Gasteiger partial charge in [-0.25, -0.2) is 4.79 Å². The second kappa shape index (κ2) is 6.70. The van der Waals surface area contributed by atoms with Crippen LogP contribution in [0.4, 0.5) is 19.0 Å². The smallest absolute Gasteiger partial charge is 0.344 e. The fourth-order valence-electron chi connectivity index (χ4n) is 4.55. The lowest BCUT2D eigenvalue weighted by Crippen LogP contribution is -2.45. The molecule has 1 aliphatic heterocycles. The van der Waals surface area contributed by atoms with E-state index >= 15 is 0 Å². The van der Waals surface area contributed by atoms with Crippen LogP contribution in [0.2, 0.25) is 0 Å². The second-order valence-electron chi connectivity index (χ2n) is 8.98. The van der Waals surface area contributed by atoms with Crippen LogP contribution in [0.1, 0.15) is 49.3 Å². The van der Waals surface area contributed by atoms with Crippen molar-refractivity contribution >= 4 is 11.6 Å². The molecule has 1 aromatic heterocycles. The number of aromatic nitrogens is 2. The third kappa shape index (κ3) is 3.32. The van der Waals surface area contributed by atoms with Crippen molar-refractivity contribution in [1.82, 2.24) is 9.13 Å². The Hall–Kier alpha value is -3.10. The maximum absolute atomic E-state index is 13.2. The zero-order valence-corrected chi connectivity index (χ0v) is 17.6. The quantitative estimate of drug-likeness (QED) is 0.749. The molecule has 164 valence electrons. The summed E-state index contributed by atoms with van der Waals surface area (Å²) in [4.78, 5) is 38.7. The maximum Gasteiger partial charge on any atom is 0.416 e. The molecule has 0 spiro atoms. The van der Waals surface area contributed by atoms with Crippen molar-refractivity contribution in [2.45, 2.75) is 38.8 Å². The van der Waals surface area contributed by atoms with Crippen LogP contribution in [0.15, 0.2) is 45.1 Å². The highest BCUT2D eigenvalue weighted by atomic mass is 19.4. The molecule has 0 saturated carbocycles. The fraction of sp³-hybridized carbons (Fsp3) is 0.409. The lowest BCUT2D eigenvalue weighted by Gasteiger charge is -2.39. The first-order chi connectivity index (χ1) is 14.3. The molecule has 6 nitrogen and oxygen atoms in total. The number of anilines is 1. The summed E-state index contributed by atoms with van der Waals surface area (Å²) in [5.74, 6) is -0.755. The highest BCUT2D eigenvalue weighted by Crippen LogP contribution is 2.47. The first-order valence-corrected chi connectivity index (χ1v) is 9.82. The van der Waals surface area contributed by atoms with E-state index in [2.05, 4.69) is 5.32 Å². The molecular weight excluding hydrogens is 411 g/mol. The van der Waals surface area contributed by atoms with Gasteiger partial charge in [0.1, 0.15) is 5.82 Å². The minimum absolute atomic E-state index is 0.162. The van der Waals surface area contributed by atoms with Crippen LogP contribution in [-0.2, 0) is 25.1 Å². The summed E-state index contributed by atoms with van der Waals surface area (Å²) in [7, 11) is 2.85. The summed E-state index contributed by atoms with van der Waals surface area (Å²) >= 11 is 0. The molecule has 1 aliphatic carbocycles. The Morgan fingerprint density at radius 1 is 1.00 bits per heavy atom. The van der Waals surface area contributed by atoms with E-state index in [1.54, 1.807) is 0 Å². The highest BCUT2D eigenvalue weighted by molar-refractivity contribution is 6.01. The lowest BCUT2D eigenvalue weighted by atomic mass is 9.69. The summed E-state index contributed by atoms with van der Waals surface area (Å²) in [5, 5.41) is 3.13. The van der Waals surface area contributed by atoms with Crippen molar-refractivity contribution in [1.29, 1.82) is 0 Å². The third-order valence-electron chi connectivity index (χ3n) is 6.04. The predicted octanol–water partition coefficient (Wildman–Crippen LogP) is 3.30. The summed E-state index contributed by atoms with van der Waals surface area (Å²) in [6.45, 7) is 3.89. The Kier molecular flexibility index (Phi) is 4.57. The van der Waals surface area contributed by atoms with Gasteiger partial charge in [0.2, 0.25) is 0 Å². The molecule has 1 N–H and O–H groups in total. The van der Waals surface area contributed by atoms with E-state index in [4.69, 9.17) is 0 Å². The van der Waals surface area contributed by atoms with Crippen LogP contribution in [-0.4, -0.2) is 14.9 Å². The number of nitrogens with one attached hydrogen (secondary N) is 1. The SMILES string of the molecule is Cn1c2c(c(=O)n(C)c1=O)[C@@H](c1ccc(C(F)(F)F)cc1)C1=C(CC(C)(C)CC1=O)N2. The first-order valence-electron chi connectivity index (χ1n) is 9.82. The van der Waals surface area contributed by atoms with Gasteiger partial charge in [-0.2, -0.15) is 13.2 Å². The minimum Gasteiger partial charge on any atom is -0.344 e. The van der Waals surface area contributed by atoms with Crippen molar-refractivity contribution in [2.24, 2.45) is 19.5 Å². The minimum atomic E-state index is -4.50. The van der Waals surface area contributed by atoms with Crippen LogP contribution in [0, 0.1) is 5.41 Å². The van der Waals surface area contributed by atoms with Crippen LogP contribution < -0.4 is 16.6 Å². The number of carbonyl (C=O) groups is 1. The average molecular weight is 433 g/mol. The van der Waals surface area contributed by atoms with Gasteiger partial charge in [-0.1, -0.05) is 26.0 Å². The van der Waals surface area contributed by atoms with Gasteiger partial charge in [-0.3, -0.25) is 18.7 Å². The third-order valence-corrected chi connectivity index (χ3v) is 6.04. The molecule has 2 heterocycles. The Morgan fingerprint density at radius 3 is 2.19 bits per heavy atom. The second-order valence-corrected chi connectivity index (χ2v) is 8.98. The van der Waals surface area contributed by atoms with E-state index in [1.807, 2.05) is 13.8 Å². The molecule has 0 unspecified atom stereocenters. The van der Waals surface area contributed by atoms with E-state index in [1.165, 1.54) is 30.8 Å². The van der Waals surface area contributed by atoms with Gasteiger partial charge >= 0.3 is 11.9 Å². The molecule has 0 saturated heterocycles. The summed E-state index contributed by atoms with van der Waals surface area (Å²) in [5.41, 5.74) is -0.715. The molecule has 9 heteroatoms. The number of fused-ring (bicyclic) bond motifs is 1. The number of hydrogen-bond acceptors (Lipinski definition) is 4. The molecule has 0 radical (unpaired) electrons. The number of carbonyl (C=O) groups excluding carboxylic acids is 1. The van der Waals surface area contributed by atoms with E-state index < -0.39 is 28.9 Å². The van der Waals surface area contributed by atoms with Crippen LogP contribution in [0.3, 0.4) is 0 Å². The van der Waals surface area contributed by atoms with Gasteiger partial charge < -0.3 is 5.32 Å². The zero-order valence-electron chi connectivity index (χ0n) is 17.6. The first kappa shape index (κ1) is 21.1. The molecule has 2 aliphatic rings. The van der Waals surface area contributed by atoms with Crippen molar-refractivity contribution in [3.63, 3.8) is 0 Å². The number of halogens is 3. The van der Waals surface area contributed by atoms with Crippen LogP contribution >= 0.6 is 0 Å². The van der Waals surface area contributed by atoms with Gasteiger partial charge in [0.05, 0.1) is 11.1 Å². The fourth-order valence-corrected chi connectivity index (χ4v) is 4.55. The molecule has 2 aromatic rings. The number of hydrogen-bond donors (Lipinski definition) is 1. The zero-order chi connectivity index (χ0) is 22.9.